The van der Waals surface area contributed by atoms with E-state index in [9.17, 15) is 0 Å². The van der Waals surface area contributed by atoms with Crippen LogP contribution in [0.1, 0.15) is 18.1 Å². The standard InChI is InChI=1S/C8H9Cl.C2H4O2/c1-6-3-4-7(2)8(9)5-6;1-2(3)4/h3-5H,1-2H3;1H3,(H,3,4). The number of rotatable bonds is 0. The Bertz CT molecular complexity index is 291. The average Bonchev–Trinajstić information content (AvgIpc) is 1.96. The summed E-state index contributed by atoms with van der Waals surface area (Å²) >= 11 is 5.81. The van der Waals surface area contributed by atoms with Crippen LogP contribution >= 0.6 is 11.6 Å². The van der Waals surface area contributed by atoms with Gasteiger partial charge in [-0.25, -0.2) is 0 Å². The first kappa shape index (κ1) is 12.0. The summed E-state index contributed by atoms with van der Waals surface area (Å²) in [5, 5.41) is 8.27. The molecule has 0 radical (unpaired) electrons. The zero-order chi connectivity index (χ0) is 10.4. The van der Waals surface area contributed by atoms with Gasteiger partial charge in [-0.2, -0.15) is 0 Å². The molecule has 72 valence electrons. The second-order valence-electron chi connectivity index (χ2n) is 2.77. The van der Waals surface area contributed by atoms with Crippen molar-refractivity contribution in [3.05, 3.63) is 34.3 Å². The lowest BCUT2D eigenvalue weighted by Crippen LogP contribution is -1.78. The summed E-state index contributed by atoms with van der Waals surface area (Å²) in [6.07, 6.45) is 0. The third-order valence-corrected chi connectivity index (χ3v) is 1.73. The first-order valence-corrected chi connectivity index (χ1v) is 4.23. The smallest absolute Gasteiger partial charge is 0.300 e. The van der Waals surface area contributed by atoms with E-state index in [2.05, 4.69) is 6.07 Å². The Morgan fingerprint density at radius 3 is 2.15 bits per heavy atom. The number of halogens is 1. The van der Waals surface area contributed by atoms with E-state index < -0.39 is 5.97 Å². The molecule has 0 amide bonds. The zero-order valence-electron chi connectivity index (χ0n) is 7.97. The molecular weight excluding hydrogens is 188 g/mol. The lowest BCUT2D eigenvalue weighted by molar-refractivity contribution is -0.134. The van der Waals surface area contributed by atoms with E-state index in [0.717, 1.165) is 17.5 Å². The van der Waals surface area contributed by atoms with Crippen LogP contribution in [0.2, 0.25) is 5.02 Å². The second-order valence-corrected chi connectivity index (χ2v) is 3.18. The molecule has 0 heterocycles. The first-order valence-electron chi connectivity index (χ1n) is 3.85. The third kappa shape index (κ3) is 6.17. The molecule has 0 aliphatic heterocycles. The van der Waals surface area contributed by atoms with Gasteiger partial charge in [-0.1, -0.05) is 23.7 Å². The van der Waals surface area contributed by atoms with E-state index in [4.69, 9.17) is 21.5 Å². The van der Waals surface area contributed by atoms with Crippen molar-refractivity contribution in [1.29, 1.82) is 0 Å². The lowest BCUT2D eigenvalue weighted by Gasteiger charge is -1.96. The molecule has 0 aliphatic rings. The van der Waals surface area contributed by atoms with E-state index in [1.54, 1.807) is 0 Å². The number of carboxylic acid groups (broad SMARTS) is 1. The van der Waals surface area contributed by atoms with Crippen molar-refractivity contribution >= 4 is 17.6 Å². The van der Waals surface area contributed by atoms with Crippen molar-refractivity contribution in [1.82, 2.24) is 0 Å². The van der Waals surface area contributed by atoms with Crippen LogP contribution in [0.3, 0.4) is 0 Å². The van der Waals surface area contributed by atoms with E-state index in [0.29, 0.717) is 0 Å². The maximum Gasteiger partial charge on any atom is 0.300 e. The highest BCUT2D eigenvalue weighted by Gasteiger charge is 1.91. The Hall–Kier alpha value is -1.02. The number of aryl methyl sites for hydroxylation is 2. The predicted octanol–water partition coefficient (Wildman–Crippen LogP) is 3.05. The maximum atomic E-state index is 9.00. The van der Waals surface area contributed by atoms with Crippen LogP contribution in [0.4, 0.5) is 0 Å². The van der Waals surface area contributed by atoms with Gasteiger partial charge in [0.2, 0.25) is 0 Å². The molecule has 13 heavy (non-hydrogen) atoms. The summed E-state index contributed by atoms with van der Waals surface area (Å²) in [4.78, 5) is 9.00. The molecule has 0 saturated heterocycles. The molecule has 0 spiro atoms. The Morgan fingerprint density at radius 2 is 1.85 bits per heavy atom. The molecule has 0 aliphatic carbocycles. The van der Waals surface area contributed by atoms with Crippen LogP contribution < -0.4 is 0 Å². The van der Waals surface area contributed by atoms with Gasteiger partial charge in [0.05, 0.1) is 0 Å². The summed E-state index contributed by atoms with van der Waals surface area (Å²) in [7, 11) is 0. The molecule has 2 nitrogen and oxygen atoms in total. The monoisotopic (exact) mass is 200 g/mol. The molecule has 0 aromatic heterocycles. The van der Waals surface area contributed by atoms with Crippen LogP contribution in [0.5, 0.6) is 0 Å². The van der Waals surface area contributed by atoms with Crippen LogP contribution in [0.15, 0.2) is 18.2 Å². The highest BCUT2D eigenvalue weighted by Crippen LogP contribution is 2.15. The van der Waals surface area contributed by atoms with Gasteiger partial charge in [0.25, 0.3) is 5.97 Å². The van der Waals surface area contributed by atoms with Gasteiger partial charge in [0, 0.05) is 11.9 Å². The highest BCUT2D eigenvalue weighted by atomic mass is 35.5. The molecule has 1 aromatic rings. The van der Waals surface area contributed by atoms with E-state index in [1.165, 1.54) is 5.56 Å². The zero-order valence-corrected chi connectivity index (χ0v) is 8.72. The minimum absolute atomic E-state index is 0.833. The molecule has 0 unspecified atom stereocenters. The molecule has 3 heteroatoms. The molecule has 0 bridgehead atoms. The number of hydrogen-bond donors (Lipinski definition) is 1. The minimum atomic E-state index is -0.833. The van der Waals surface area contributed by atoms with Gasteiger partial charge in [-0.15, -0.1) is 0 Å². The number of hydrogen-bond acceptors (Lipinski definition) is 1. The van der Waals surface area contributed by atoms with Crippen LogP contribution in [0.25, 0.3) is 0 Å². The molecule has 0 fully saturated rings. The lowest BCUT2D eigenvalue weighted by atomic mass is 10.2. The van der Waals surface area contributed by atoms with Gasteiger partial charge < -0.3 is 5.11 Å². The Labute approximate surface area is 83.2 Å². The minimum Gasteiger partial charge on any atom is -0.481 e. The Kier molecular flexibility index (Phi) is 5.16. The first-order chi connectivity index (χ1) is 5.93. The highest BCUT2D eigenvalue weighted by molar-refractivity contribution is 6.31. The molecule has 0 saturated carbocycles. The largest absolute Gasteiger partial charge is 0.481 e. The summed E-state index contributed by atoms with van der Waals surface area (Å²) in [5.41, 5.74) is 2.35. The van der Waals surface area contributed by atoms with Crippen LogP contribution in [-0.4, -0.2) is 11.1 Å². The second kappa shape index (κ2) is 5.60. The van der Waals surface area contributed by atoms with Crippen LogP contribution in [-0.2, 0) is 4.79 Å². The predicted molar refractivity (Wildman–Crippen MR) is 54.2 cm³/mol. The van der Waals surface area contributed by atoms with Crippen molar-refractivity contribution < 1.29 is 9.90 Å². The molecule has 1 N–H and O–H groups in total. The average molecular weight is 201 g/mol. The van der Waals surface area contributed by atoms with Gasteiger partial charge in [0.15, 0.2) is 0 Å². The number of carboxylic acids is 1. The van der Waals surface area contributed by atoms with Gasteiger partial charge >= 0.3 is 0 Å². The summed E-state index contributed by atoms with van der Waals surface area (Å²) in [6, 6.07) is 6.05. The summed E-state index contributed by atoms with van der Waals surface area (Å²) in [6.45, 7) is 5.12. The van der Waals surface area contributed by atoms with Gasteiger partial charge in [-0.05, 0) is 31.0 Å². The quantitative estimate of drug-likeness (QED) is 0.699. The van der Waals surface area contributed by atoms with E-state index in [1.807, 2.05) is 26.0 Å². The van der Waals surface area contributed by atoms with Crippen molar-refractivity contribution in [2.45, 2.75) is 20.8 Å². The van der Waals surface area contributed by atoms with E-state index in [-0.39, 0.29) is 0 Å². The Balaban J connectivity index is 0.000000310. The van der Waals surface area contributed by atoms with Gasteiger partial charge in [-0.3, -0.25) is 4.79 Å². The topological polar surface area (TPSA) is 37.3 Å². The maximum absolute atomic E-state index is 9.00. The molecule has 0 atom stereocenters. The fourth-order valence-electron chi connectivity index (χ4n) is 0.698. The number of benzene rings is 1. The summed E-state index contributed by atoms with van der Waals surface area (Å²) in [5.74, 6) is -0.833. The number of aliphatic carboxylic acids is 1. The molecular formula is C10H13ClO2. The normalized spacial score (nSPS) is 8.62. The Morgan fingerprint density at radius 1 is 1.38 bits per heavy atom. The molecule has 1 aromatic carbocycles. The van der Waals surface area contributed by atoms with Crippen molar-refractivity contribution in [3.8, 4) is 0 Å². The SMILES string of the molecule is CC(=O)O.Cc1ccc(C)c(Cl)c1. The van der Waals surface area contributed by atoms with Crippen molar-refractivity contribution in [2.24, 2.45) is 0 Å². The summed E-state index contributed by atoms with van der Waals surface area (Å²) < 4.78 is 0. The van der Waals surface area contributed by atoms with Crippen LogP contribution in [0, 0.1) is 13.8 Å². The third-order valence-electron chi connectivity index (χ3n) is 1.33. The van der Waals surface area contributed by atoms with Crippen molar-refractivity contribution in [2.75, 3.05) is 0 Å². The van der Waals surface area contributed by atoms with Gasteiger partial charge in [0.1, 0.15) is 0 Å². The number of carbonyl (C=O) groups is 1. The fraction of sp³-hybridized carbons (Fsp3) is 0.300. The molecule has 1 rings (SSSR count). The van der Waals surface area contributed by atoms with Crippen molar-refractivity contribution in [3.63, 3.8) is 0 Å². The van der Waals surface area contributed by atoms with E-state index >= 15 is 0 Å². The fourth-order valence-corrected chi connectivity index (χ4v) is 0.933.